The second-order valence-electron chi connectivity index (χ2n) is 7.07. The first kappa shape index (κ1) is 20.2. The van der Waals surface area contributed by atoms with E-state index >= 15 is 0 Å². The van der Waals surface area contributed by atoms with Crippen molar-refractivity contribution in [3.8, 4) is 5.88 Å². The van der Waals surface area contributed by atoms with Crippen molar-refractivity contribution in [2.75, 3.05) is 20.7 Å². The average Bonchev–Trinajstić information content (AvgIpc) is 2.50. The molecule has 1 aromatic rings. The summed E-state index contributed by atoms with van der Waals surface area (Å²) in [4.78, 5) is 8.54. The van der Waals surface area contributed by atoms with Crippen LogP contribution < -0.4 is 15.4 Å². The third-order valence-electron chi connectivity index (χ3n) is 3.54. The van der Waals surface area contributed by atoms with Crippen LogP contribution in [0.3, 0.4) is 0 Å². The molecule has 1 aromatic heterocycles. The molecule has 6 nitrogen and oxygen atoms in total. The van der Waals surface area contributed by atoms with E-state index < -0.39 is 0 Å². The van der Waals surface area contributed by atoms with E-state index in [1.807, 2.05) is 32.2 Å². The van der Waals surface area contributed by atoms with Gasteiger partial charge < -0.3 is 20.1 Å². The summed E-state index contributed by atoms with van der Waals surface area (Å²) in [7, 11) is 3.49. The molecule has 0 bridgehead atoms. The highest BCUT2D eigenvalue weighted by Gasteiger charge is 2.24. The van der Waals surface area contributed by atoms with Crippen molar-refractivity contribution in [1.82, 2.24) is 15.6 Å². The number of pyridine rings is 1. The first-order valence-electron chi connectivity index (χ1n) is 8.35. The molecule has 0 aromatic carbocycles. The number of ether oxygens (including phenoxy) is 2. The molecule has 136 valence electrons. The topological polar surface area (TPSA) is 67.8 Å². The Hall–Kier alpha value is -1.82. The Bertz CT molecular complexity index is 507. The molecule has 0 saturated carbocycles. The van der Waals surface area contributed by atoms with Crippen LogP contribution in [0.4, 0.5) is 0 Å². The second-order valence-corrected chi connectivity index (χ2v) is 7.07. The van der Waals surface area contributed by atoms with Crippen LogP contribution in [0.5, 0.6) is 5.88 Å². The Labute approximate surface area is 146 Å². The predicted octanol–water partition coefficient (Wildman–Crippen LogP) is 2.59. The highest BCUT2D eigenvalue weighted by Crippen LogP contribution is 2.20. The summed E-state index contributed by atoms with van der Waals surface area (Å²) in [5.74, 6) is 1.38. The summed E-state index contributed by atoms with van der Waals surface area (Å²) in [5.41, 5.74) is 1.13. The van der Waals surface area contributed by atoms with Gasteiger partial charge in [-0.15, -0.1) is 0 Å². The quantitative estimate of drug-likeness (QED) is 0.592. The molecule has 0 aliphatic heterocycles. The van der Waals surface area contributed by atoms with E-state index in [4.69, 9.17) is 9.47 Å². The number of rotatable bonds is 7. The Morgan fingerprint density at radius 3 is 2.42 bits per heavy atom. The van der Waals surface area contributed by atoms with Crippen molar-refractivity contribution in [2.24, 2.45) is 10.4 Å². The highest BCUT2D eigenvalue weighted by molar-refractivity contribution is 5.79. The lowest BCUT2D eigenvalue weighted by Crippen LogP contribution is -2.45. The molecule has 0 fully saturated rings. The van der Waals surface area contributed by atoms with Crippen LogP contribution in [0, 0.1) is 5.41 Å². The number of hydrogen-bond acceptors (Lipinski definition) is 4. The number of aliphatic imine (C=N–C) groups is 1. The van der Waals surface area contributed by atoms with Gasteiger partial charge in [0.15, 0.2) is 5.96 Å². The standard InChI is InChI=1S/C18H32N4O2/c1-13(2)24-16-9-8-14(10-20-16)11-21-17(19-6)22-12-15(23-7)18(3,4)5/h8-10,13,15H,11-12H2,1-7H3,(H2,19,21,22). The number of aromatic nitrogens is 1. The molecule has 0 spiro atoms. The Morgan fingerprint density at radius 2 is 1.96 bits per heavy atom. The van der Waals surface area contributed by atoms with E-state index in [-0.39, 0.29) is 17.6 Å². The number of nitrogens with one attached hydrogen (secondary N) is 2. The summed E-state index contributed by atoms with van der Waals surface area (Å²) < 4.78 is 11.1. The summed E-state index contributed by atoms with van der Waals surface area (Å²) >= 11 is 0. The van der Waals surface area contributed by atoms with Crippen molar-refractivity contribution in [1.29, 1.82) is 0 Å². The lowest BCUT2D eigenvalue weighted by atomic mass is 9.89. The van der Waals surface area contributed by atoms with Gasteiger partial charge in [-0.1, -0.05) is 26.8 Å². The molecule has 1 atom stereocenters. The van der Waals surface area contributed by atoms with Crippen LogP contribution in [-0.4, -0.2) is 43.9 Å². The molecule has 0 aliphatic carbocycles. The Balaban J connectivity index is 2.49. The van der Waals surface area contributed by atoms with Crippen LogP contribution >= 0.6 is 0 Å². The van der Waals surface area contributed by atoms with Gasteiger partial charge in [0.25, 0.3) is 0 Å². The lowest BCUT2D eigenvalue weighted by Gasteiger charge is -2.30. The minimum absolute atomic E-state index is 0.0662. The monoisotopic (exact) mass is 336 g/mol. The summed E-state index contributed by atoms with van der Waals surface area (Å²) in [6, 6.07) is 3.88. The molecule has 0 saturated heterocycles. The molecule has 0 amide bonds. The molecule has 1 rings (SSSR count). The van der Waals surface area contributed by atoms with E-state index in [0.717, 1.165) is 11.5 Å². The van der Waals surface area contributed by atoms with Crippen molar-refractivity contribution >= 4 is 5.96 Å². The van der Waals surface area contributed by atoms with E-state index in [2.05, 4.69) is 41.4 Å². The van der Waals surface area contributed by atoms with Gasteiger partial charge in [0.1, 0.15) is 0 Å². The first-order valence-corrected chi connectivity index (χ1v) is 8.35. The van der Waals surface area contributed by atoms with Crippen molar-refractivity contribution < 1.29 is 9.47 Å². The van der Waals surface area contributed by atoms with Gasteiger partial charge in [-0.2, -0.15) is 0 Å². The van der Waals surface area contributed by atoms with Gasteiger partial charge in [-0.25, -0.2) is 4.98 Å². The van der Waals surface area contributed by atoms with Gasteiger partial charge in [0, 0.05) is 39.5 Å². The SMILES string of the molecule is CN=C(NCc1ccc(OC(C)C)nc1)NCC(OC)C(C)(C)C. The van der Waals surface area contributed by atoms with E-state index in [0.29, 0.717) is 19.0 Å². The first-order chi connectivity index (χ1) is 11.3. The van der Waals surface area contributed by atoms with Gasteiger partial charge >= 0.3 is 0 Å². The zero-order chi connectivity index (χ0) is 18.2. The average molecular weight is 336 g/mol. The summed E-state index contributed by atoms with van der Waals surface area (Å²) in [6.07, 6.45) is 2.04. The van der Waals surface area contributed by atoms with Crippen LogP contribution in [0.2, 0.25) is 0 Å². The zero-order valence-corrected chi connectivity index (χ0v) is 16.0. The smallest absolute Gasteiger partial charge is 0.213 e. The molecular formula is C18H32N4O2. The third kappa shape index (κ3) is 7.17. The van der Waals surface area contributed by atoms with Crippen molar-refractivity contribution in [3.63, 3.8) is 0 Å². The summed E-state index contributed by atoms with van der Waals surface area (Å²) in [6.45, 7) is 11.8. The van der Waals surface area contributed by atoms with Crippen molar-refractivity contribution in [2.45, 2.75) is 53.4 Å². The summed E-state index contributed by atoms with van der Waals surface area (Å²) in [5, 5.41) is 6.58. The Morgan fingerprint density at radius 1 is 1.25 bits per heavy atom. The maximum absolute atomic E-state index is 5.55. The minimum Gasteiger partial charge on any atom is -0.475 e. The maximum atomic E-state index is 5.55. The van der Waals surface area contributed by atoms with E-state index in [1.165, 1.54) is 0 Å². The minimum atomic E-state index is 0.0662. The molecule has 1 unspecified atom stereocenters. The molecule has 24 heavy (non-hydrogen) atoms. The van der Waals surface area contributed by atoms with Gasteiger partial charge in [0.2, 0.25) is 5.88 Å². The van der Waals surface area contributed by atoms with E-state index in [9.17, 15) is 0 Å². The molecule has 1 heterocycles. The van der Waals surface area contributed by atoms with Crippen molar-refractivity contribution in [3.05, 3.63) is 23.9 Å². The van der Waals surface area contributed by atoms with Crippen LogP contribution in [0.15, 0.2) is 23.3 Å². The fourth-order valence-corrected chi connectivity index (χ4v) is 2.17. The number of hydrogen-bond donors (Lipinski definition) is 2. The largest absolute Gasteiger partial charge is 0.475 e. The third-order valence-corrected chi connectivity index (χ3v) is 3.54. The molecule has 0 aliphatic rings. The van der Waals surface area contributed by atoms with Gasteiger partial charge in [-0.3, -0.25) is 4.99 Å². The normalized spacial score (nSPS) is 13.8. The number of methoxy groups -OCH3 is 1. The highest BCUT2D eigenvalue weighted by atomic mass is 16.5. The van der Waals surface area contributed by atoms with Gasteiger partial charge in [-0.05, 0) is 24.8 Å². The van der Waals surface area contributed by atoms with Crippen LogP contribution in [-0.2, 0) is 11.3 Å². The maximum Gasteiger partial charge on any atom is 0.213 e. The van der Waals surface area contributed by atoms with Crippen LogP contribution in [0.25, 0.3) is 0 Å². The fourth-order valence-electron chi connectivity index (χ4n) is 2.17. The molecule has 2 N–H and O–H groups in total. The molecule has 6 heteroatoms. The number of guanidine groups is 1. The lowest BCUT2D eigenvalue weighted by molar-refractivity contribution is 0.0205. The second kappa shape index (κ2) is 9.47. The number of nitrogens with zero attached hydrogens (tertiary/aromatic N) is 2. The fraction of sp³-hybridized carbons (Fsp3) is 0.667. The van der Waals surface area contributed by atoms with Gasteiger partial charge in [0.05, 0.1) is 12.2 Å². The Kier molecular flexibility index (Phi) is 7.98. The molecule has 0 radical (unpaired) electrons. The molecular weight excluding hydrogens is 304 g/mol. The predicted molar refractivity (Wildman–Crippen MR) is 98.5 cm³/mol. The zero-order valence-electron chi connectivity index (χ0n) is 16.0. The van der Waals surface area contributed by atoms with Crippen LogP contribution in [0.1, 0.15) is 40.2 Å². The van der Waals surface area contributed by atoms with E-state index in [1.54, 1.807) is 14.2 Å².